The van der Waals surface area contributed by atoms with Crippen molar-refractivity contribution in [1.29, 1.82) is 0 Å². The van der Waals surface area contributed by atoms with E-state index in [1.54, 1.807) is 42.3 Å². The number of rotatable bonds is 8. The summed E-state index contributed by atoms with van der Waals surface area (Å²) in [6, 6.07) is 13.6. The summed E-state index contributed by atoms with van der Waals surface area (Å²) in [6.07, 6.45) is 1.75. The van der Waals surface area contributed by atoms with Gasteiger partial charge in [-0.15, -0.1) is 0 Å². The molecule has 2 aliphatic rings. The van der Waals surface area contributed by atoms with Gasteiger partial charge in [-0.2, -0.15) is 0 Å². The number of benzene rings is 2. The molecule has 2 saturated heterocycles. The van der Waals surface area contributed by atoms with E-state index in [0.717, 1.165) is 12.8 Å². The highest BCUT2D eigenvalue weighted by molar-refractivity contribution is 5.97. The minimum absolute atomic E-state index is 0.0766. The summed E-state index contributed by atoms with van der Waals surface area (Å²) < 4.78 is 37.5. The van der Waals surface area contributed by atoms with Crippen molar-refractivity contribution >= 4 is 11.8 Å². The maximum Gasteiger partial charge on any atom is 0.258 e. The monoisotopic (exact) mass is 495 g/mol. The van der Waals surface area contributed by atoms with Crippen molar-refractivity contribution in [3.05, 3.63) is 65.5 Å². The van der Waals surface area contributed by atoms with Crippen LogP contribution in [0.3, 0.4) is 0 Å². The average molecular weight is 496 g/mol. The van der Waals surface area contributed by atoms with Crippen LogP contribution in [-0.4, -0.2) is 68.6 Å². The number of nitrogens with zero attached hydrogens (tertiary/aromatic N) is 3. The van der Waals surface area contributed by atoms with Gasteiger partial charge in [-0.25, -0.2) is 4.39 Å². The molecule has 2 aliphatic heterocycles. The molecule has 3 heterocycles. The highest BCUT2D eigenvalue weighted by atomic mass is 19.1. The number of halogens is 1. The number of morpholine rings is 1. The summed E-state index contributed by atoms with van der Waals surface area (Å²) >= 11 is 0. The molecule has 2 fully saturated rings. The van der Waals surface area contributed by atoms with E-state index in [1.807, 2.05) is 17.0 Å². The Bertz CT molecular complexity index is 1190. The van der Waals surface area contributed by atoms with Crippen molar-refractivity contribution in [2.75, 3.05) is 51.5 Å². The third kappa shape index (κ3) is 5.08. The highest BCUT2D eigenvalue weighted by Gasteiger charge is 2.31. The molecule has 0 radical (unpaired) electrons. The zero-order chi connectivity index (χ0) is 24.9. The van der Waals surface area contributed by atoms with E-state index in [0.29, 0.717) is 73.5 Å². The number of anilines is 1. The maximum atomic E-state index is 14.9. The minimum Gasteiger partial charge on any atom is -0.496 e. The molecule has 0 spiro atoms. The molecular weight excluding hydrogens is 465 g/mol. The molecule has 2 aromatic carbocycles. The Labute approximate surface area is 209 Å². The van der Waals surface area contributed by atoms with Crippen LogP contribution in [0.25, 0.3) is 11.3 Å². The molecule has 0 aliphatic carbocycles. The molecule has 0 N–H and O–H groups in total. The summed E-state index contributed by atoms with van der Waals surface area (Å²) in [5, 5.41) is 4.28. The van der Waals surface area contributed by atoms with Gasteiger partial charge in [-0.3, -0.25) is 4.79 Å². The van der Waals surface area contributed by atoms with Crippen LogP contribution in [0.5, 0.6) is 5.75 Å². The number of hydrogen-bond donors (Lipinski definition) is 0. The van der Waals surface area contributed by atoms with Crippen LogP contribution in [0, 0.1) is 5.82 Å². The van der Waals surface area contributed by atoms with Crippen molar-refractivity contribution in [1.82, 2.24) is 10.1 Å². The molecule has 3 aromatic rings. The van der Waals surface area contributed by atoms with Crippen LogP contribution in [0.2, 0.25) is 0 Å². The fourth-order valence-electron chi connectivity index (χ4n) is 4.76. The van der Waals surface area contributed by atoms with E-state index in [4.69, 9.17) is 18.7 Å². The first-order chi connectivity index (χ1) is 17.7. The second-order valence-electron chi connectivity index (χ2n) is 8.92. The minimum atomic E-state index is -0.401. The van der Waals surface area contributed by atoms with Gasteiger partial charge in [-0.1, -0.05) is 29.4 Å². The summed E-state index contributed by atoms with van der Waals surface area (Å²) in [6.45, 7) is 3.58. The van der Waals surface area contributed by atoms with Crippen molar-refractivity contribution in [3.63, 3.8) is 0 Å². The fourth-order valence-corrected chi connectivity index (χ4v) is 4.76. The predicted molar refractivity (Wildman–Crippen MR) is 132 cm³/mol. The number of methoxy groups -OCH3 is 1. The van der Waals surface area contributed by atoms with E-state index in [1.165, 1.54) is 6.07 Å². The van der Waals surface area contributed by atoms with Crippen molar-refractivity contribution < 1.29 is 27.9 Å². The Hall–Kier alpha value is -3.43. The molecular formula is C27H30FN3O5. The van der Waals surface area contributed by atoms with E-state index >= 15 is 0 Å². The summed E-state index contributed by atoms with van der Waals surface area (Å²) in [5.41, 5.74) is 1.83. The number of hydrogen-bond acceptors (Lipinski definition) is 7. The lowest BCUT2D eigenvalue weighted by molar-refractivity contribution is 0.0505. The van der Waals surface area contributed by atoms with Crippen LogP contribution in [0.4, 0.5) is 10.3 Å². The molecule has 1 aromatic heterocycles. The van der Waals surface area contributed by atoms with Crippen LogP contribution < -0.4 is 9.64 Å². The van der Waals surface area contributed by atoms with Gasteiger partial charge in [0.1, 0.15) is 17.3 Å². The van der Waals surface area contributed by atoms with Crippen LogP contribution >= 0.6 is 0 Å². The Kier molecular flexibility index (Phi) is 7.48. The molecule has 1 amide bonds. The lowest BCUT2D eigenvalue weighted by Gasteiger charge is -2.29. The second-order valence-corrected chi connectivity index (χ2v) is 8.92. The molecule has 1 atom stereocenters. The van der Waals surface area contributed by atoms with Gasteiger partial charge in [0.25, 0.3) is 5.91 Å². The predicted octanol–water partition coefficient (Wildman–Crippen LogP) is 4.15. The topological polar surface area (TPSA) is 77.3 Å². The Morgan fingerprint density at radius 3 is 2.67 bits per heavy atom. The Morgan fingerprint density at radius 2 is 1.92 bits per heavy atom. The first kappa shape index (κ1) is 24.3. The normalized spacial score (nSPS) is 17.8. The van der Waals surface area contributed by atoms with Gasteiger partial charge in [0, 0.05) is 31.8 Å². The molecule has 0 saturated carbocycles. The Morgan fingerprint density at radius 1 is 1.14 bits per heavy atom. The number of carbonyl (C=O) groups excluding carboxylic acids is 1. The molecule has 9 heteroatoms. The fraction of sp³-hybridized carbons (Fsp3) is 0.407. The van der Waals surface area contributed by atoms with Crippen LogP contribution in [-0.2, 0) is 16.0 Å². The van der Waals surface area contributed by atoms with Crippen LogP contribution in [0.15, 0.2) is 53.1 Å². The lowest BCUT2D eigenvalue weighted by atomic mass is 10.0. The number of para-hydroxylation sites is 1. The maximum absolute atomic E-state index is 14.9. The molecule has 0 unspecified atom stereocenters. The Balaban J connectivity index is 1.55. The molecule has 0 bridgehead atoms. The van der Waals surface area contributed by atoms with E-state index in [9.17, 15) is 9.18 Å². The summed E-state index contributed by atoms with van der Waals surface area (Å²) in [4.78, 5) is 17.6. The van der Waals surface area contributed by atoms with Gasteiger partial charge >= 0.3 is 0 Å². The van der Waals surface area contributed by atoms with E-state index in [2.05, 4.69) is 5.16 Å². The molecule has 8 nitrogen and oxygen atoms in total. The number of carbonyl (C=O) groups is 1. The standard InChI is InChI=1S/C27H30FN3O5/c1-33-24-11-5-3-9-21(24)26(32)31(17-19-7-6-14-35-19)18-22-25(20-8-2-4-10-23(20)28)29-36-27(22)30-12-15-34-16-13-30/h2-5,8-11,19H,6-7,12-18H2,1H3/t19-/m0/s1. The number of ether oxygens (including phenoxy) is 3. The van der Waals surface area contributed by atoms with Gasteiger partial charge in [0.15, 0.2) is 0 Å². The first-order valence-corrected chi connectivity index (χ1v) is 12.3. The smallest absolute Gasteiger partial charge is 0.258 e. The second kappa shape index (κ2) is 11.1. The third-order valence-electron chi connectivity index (χ3n) is 6.62. The third-order valence-corrected chi connectivity index (χ3v) is 6.62. The zero-order valence-corrected chi connectivity index (χ0v) is 20.3. The quantitative estimate of drug-likeness (QED) is 0.465. The molecule has 5 rings (SSSR count). The SMILES string of the molecule is COc1ccccc1C(=O)N(Cc1c(-c2ccccc2F)noc1N1CCOCC1)C[C@@H]1CCCO1. The van der Waals surface area contributed by atoms with Crippen LogP contribution in [0.1, 0.15) is 28.8 Å². The largest absolute Gasteiger partial charge is 0.496 e. The van der Waals surface area contributed by atoms with E-state index < -0.39 is 5.82 Å². The van der Waals surface area contributed by atoms with Crippen molar-refractivity contribution in [2.45, 2.75) is 25.5 Å². The highest BCUT2D eigenvalue weighted by Crippen LogP contribution is 2.35. The first-order valence-electron chi connectivity index (χ1n) is 12.3. The average Bonchev–Trinajstić information content (AvgIpc) is 3.59. The van der Waals surface area contributed by atoms with Crippen molar-refractivity contribution in [3.8, 4) is 17.0 Å². The number of amides is 1. The van der Waals surface area contributed by atoms with Crippen molar-refractivity contribution in [2.24, 2.45) is 0 Å². The number of aromatic nitrogens is 1. The molecule has 190 valence electrons. The van der Waals surface area contributed by atoms with Gasteiger partial charge < -0.3 is 28.5 Å². The lowest BCUT2D eigenvalue weighted by Crippen LogP contribution is -2.39. The molecule has 36 heavy (non-hydrogen) atoms. The van der Waals surface area contributed by atoms with Gasteiger partial charge in [-0.05, 0) is 37.1 Å². The summed E-state index contributed by atoms with van der Waals surface area (Å²) in [7, 11) is 1.54. The van der Waals surface area contributed by atoms with Gasteiger partial charge in [0.05, 0.1) is 44.1 Å². The summed E-state index contributed by atoms with van der Waals surface area (Å²) in [5.74, 6) is 0.425. The van der Waals surface area contributed by atoms with Gasteiger partial charge in [0.2, 0.25) is 5.88 Å². The van der Waals surface area contributed by atoms with E-state index in [-0.39, 0.29) is 18.6 Å². The zero-order valence-electron chi connectivity index (χ0n) is 20.3.